The number of benzene rings is 2. The predicted octanol–water partition coefficient (Wildman–Crippen LogP) is 3.30. The second kappa shape index (κ2) is 7.59. The fourth-order valence-corrected chi connectivity index (χ4v) is 2.15. The largest absolute Gasteiger partial charge is 0.371 e. The van der Waals surface area contributed by atoms with Crippen LogP contribution < -0.4 is 10.2 Å². The molecule has 0 radical (unpaired) electrons. The summed E-state index contributed by atoms with van der Waals surface area (Å²) in [5, 5.41) is 3.49. The van der Waals surface area contributed by atoms with Crippen LogP contribution >= 0.6 is 0 Å². The third-order valence-corrected chi connectivity index (χ3v) is 3.23. The van der Waals surface area contributed by atoms with Crippen molar-refractivity contribution >= 4 is 5.69 Å². The third kappa shape index (κ3) is 4.42. The van der Waals surface area contributed by atoms with Crippen molar-refractivity contribution in [2.45, 2.75) is 13.5 Å². The Hall–Kier alpha value is -1.80. The summed E-state index contributed by atoms with van der Waals surface area (Å²) in [6, 6.07) is 21.1. The maximum Gasteiger partial charge on any atom is 0.0366 e. The smallest absolute Gasteiger partial charge is 0.0366 e. The fourth-order valence-electron chi connectivity index (χ4n) is 2.15. The first kappa shape index (κ1) is 13.6. The molecule has 100 valence electrons. The lowest BCUT2D eigenvalue weighted by Crippen LogP contribution is -2.31. The zero-order valence-electron chi connectivity index (χ0n) is 11.5. The SMILES string of the molecule is CCN(CCNCc1ccccc1)c1ccccc1. The van der Waals surface area contributed by atoms with Crippen LogP contribution in [0.25, 0.3) is 0 Å². The first-order chi connectivity index (χ1) is 9.40. The van der Waals surface area contributed by atoms with Crippen molar-refractivity contribution in [3.8, 4) is 0 Å². The maximum absolute atomic E-state index is 3.49. The number of anilines is 1. The summed E-state index contributed by atoms with van der Waals surface area (Å²) in [6.45, 7) is 6.21. The highest BCUT2D eigenvalue weighted by molar-refractivity contribution is 5.45. The molecule has 0 bridgehead atoms. The summed E-state index contributed by atoms with van der Waals surface area (Å²) >= 11 is 0. The molecular formula is C17H22N2. The van der Waals surface area contributed by atoms with Gasteiger partial charge in [0.1, 0.15) is 0 Å². The zero-order valence-corrected chi connectivity index (χ0v) is 11.5. The summed E-state index contributed by atoms with van der Waals surface area (Å²) in [6.07, 6.45) is 0. The van der Waals surface area contributed by atoms with Crippen LogP contribution in [0.3, 0.4) is 0 Å². The molecule has 0 aliphatic heterocycles. The van der Waals surface area contributed by atoms with E-state index in [1.54, 1.807) is 0 Å². The molecule has 2 heteroatoms. The van der Waals surface area contributed by atoms with Crippen LogP contribution in [-0.4, -0.2) is 19.6 Å². The van der Waals surface area contributed by atoms with E-state index in [9.17, 15) is 0 Å². The molecule has 0 aliphatic rings. The van der Waals surface area contributed by atoms with Gasteiger partial charge in [-0.3, -0.25) is 0 Å². The first-order valence-corrected chi connectivity index (χ1v) is 6.95. The molecule has 19 heavy (non-hydrogen) atoms. The van der Waals surface area contributed by atoms with Gasteiger partial charge in [0.05, 0.1) is 0 Å². The highest BCUT2D eigenvalue weighted by atomic mass is 15.1. The van der Waals surface area contributed by atoms with Crippen molar-refractivity contribution < 1.29 is 0 Å². The molecule has 0 unspecified atom stereocenters. The van der Waals surface area contributed by atoms with Gasteiger partial charge < -0.3 is 10.2 Å². The lowest BCUT2D eigenvalue weighted by Gasteiger charge is -2.23. The minimum atomic E-state index is 0.938. The summed E-state index contributed by atoms with van der Waals surface area (Å²) in [5.74, 6) is 0. The van der Waals surface area contributed by atoms with Gasteiger partial charge in [0.15, 0.2) is 0 Å². The molecule has 1 N–H and O–H groups in total. The van der Waals surface area contributed by atoms with E-state index in [-0.39, 0.29) is 0 Å². The van der Waals surface area contributed by atoms with Gasteiger partial charge in [-0.25, -0.2) is 0 Å². The van der Waals surface area contributed by atoms with Gasteiger partial charge in [-0.15, -0.1) is 0 Å². The van der Waals surface area contributed by atoms with Crippen molar-refractivity contribution in [3.05, 3.63) is 66.2 Å². The van der Waals surface area contributed by atoms with Gasteiger partial charge in [0.25, 0.3) is 0 Å². The molecule has 2 nitrogen and oxygen atoms in total. The number of para-hydroxylation sites is 1. The third-order valence-electron chi connectivity index (χ3n) is 3.23. The van der Waals surface area contributed by atoms with E-state index < -0.39 is 0 Å². The van der Waals surface area contributed by atoms with Gasteiger partial charge in [-0.05, 0) is 24.6 Å². The topological polar surface area (TPSA) is 15.3 Å². The summed E-state index contributed by atoms with van der Waals surface area (Å²) in [7, 11) is 0. The number of nitrogens with zero attached hydrogens (tertiary/aromatic N) is 1. The lowest BCUT2D eigenvalue weighted by atomic mass is 10.2. The van der Waals surface area contributed by atoms with E-state index in [1.807, 2.05) is 0 Å². The van der Waals surface area contributed by atoms with Gasteiger partial charge in [-0.1, -0.05) is 48.5 Å². The predicted molar refractivity (Wildman–Crippen MR) is 82.5 cm³/mol. The molecular weight excluding hydrogens is 232 g/mol. The average molecular weight is 254 g/mol. The Kier molecular flexibility index (Phi) is 5.45. The summed E-state index contributed by atoms with van der Waals surface area (Å²) in [5.41, 5.74) is 2.64. The molecule has 0 atom stereocenters. The summed E-state index contributed by atoms with van der Waals surface area (Å²) < 4.78 is 0. The van der Waals surface area contributed by atoms with Gasteiger partial charge in [0.2, 0.25) is 0 Å². The number of nitrogens with one attached hydrogen (secondary N) is 1. The van der Waals surface area contributed by atoms with E-state index in [0.29, 0.717) is 0 Å². The normalized spacial score (nSPS) is 10.4. The minimum Gasteiger partial charge on any atom is -0.371 e. The van der Waals surface area contributed by atoms with Crippen molar-refractivity contribution in [3.63, 3.8) is 0 Å². The van der Waals surface area contributed by atoms with Crippen molar-refractivity contribution in [2.24, 2.45) is 0 Å². The number of hydrogen-bond acceptors (Lipinski definition) is 2. The molecule has 0 aliphatic carbocycles. The van der Waals surface area contributed by atoms with Crippen LogP contribution in [0.5, 0.6) is 0 Å². The number of likely N-dealkylation sites (N-methyl/N-ethyl adjacent to an activating group) is 1. The highest BCUT2D eigenvalue weighted by Gasteiger charge is 2.02. The Morgan fingerprint density at radius 1 is 0.895 bits per heavy atom. The first-order valence-electron chi connectivity index (χ1n) is 6.95. The van der Waals surface area contributed by atoms with E-state index in [4.69, 9.17) is 0 Å². The second-order valence-corrected chi connectivity index (χ2v) is 4.58. The molecule has 2 rings (SSSR count). The molecule has 0 spiro atoms. The van der Waals surface area contributed by atoms with Crippen molar-refractivity contribution in [1.29, 1.82) is 0 Å². The average Bonchev–Trinajstić information content (AvgIpc) is 2.49. The van der Waals surface area contributed by atoms with Crippen LogP contribution in [0.1, 0.15) is 12.5 Å². The summed E-state index contributed by atoms with van der Waals surface area (Å²) in [4.78, 5) is 2.39. The monoisotopic (exact) mass is 254 g/mol. The Labute approximate surface area is 116 Å². The fraction of sp³-hybridized carbons (Fsp3) is 0.294. The van der Waals surface area contributed by atoms with Crippen LogP contribution in [-0.2, 0) is 6.54 Å². The van der Waals surface area contributed by atoms with Crippen LogP contribution in [0.4, 0.5) is 5.69 Å². The van der Waals surface area contributed by atoms with Crippen LogP contribution in [0.2, 0.25) is 0 Å². The van der Waals surface area contributed by atoms with E-state index in [2.05, 4.69) is 77.8 Å². The molecule has 0 amide bonds. The molecule has 2 aromatic rings. The molecule has 0 fully saturated rings. The minimum absolute atomic E-state index is 0.938. The number of hydrogen-bond donors (Lipinski definition) is 1. The Bertz CT molecular complexity index is 453. The van der Waals surface area contributed by atoms with Gasteiger partial charge in [-0.2, -0.15) is 0 Å². The maximum atomic E-state index is 3.49. The van der Waals surface area contributed by atoms with E-state index >= 15 is 0 Å². The molecule has 0 saturated heterocycles. The van der Waals surface area contributed by atoms with Crippen LogP contribution in [0, 0.1) is 0 Å². The Balaban J connectivity index is 1.75. The molecule has 0 aromatic heterocycles. The standard InChI is InChI=1S/C17H22N2/c1-2-19(17-11-7-4-8-12-17)14-13-18-15-16-9-5-3-6-10-16/h3-12,18H,2,13-15H2,1H3. The zero-order chi connectivity index (χ0) is 13.3. The Morgan fingerprint density at radius 2 is 1.53 bits per heavy atom. The molecule has 0 heterocycles. The number of rotatable bonds is 7. The van der Waals surface area contributed by atoms with E-state index in [0.717, 1.165) is 26.2 Å². The lowest BCUT2D eigenvalue weighted by molar-refractivity contribution is 0.665. The van der Waals surface area contributed by atoms with Gasteiger partial charge >= 0.3 is 0 Å². The van der Waals surface area contributed by atoms with Gasteiger partial charge in [0, 0.05) is 31.9 Å². The van der Waals surface area contributed by atoms with E-state index in [1.165, 1.54) is 11.3 Å². The second-order valence-electron chi connectivity index (χ2n) is 4.58. The Morgan fingerprint density at radius 3 is 2.16 bits per heavy atom. The molecule has 0 saturated carbocycles. The quantitative estimate of drug-likeness (QED) is 0.763. The van der Waals surface area contributed by atoms with Crippen LogP contribution in [0.15, 0.2) is 60.7 Å². The molecule has 2 aromatic carbocycles. The highest BCUT2D eigenvalue weighted by Crippen LogP contribution is 2.11. The van der Waals surface area contributed by atoms with Crippen molar-refractivity contribution in [1.82, 2.24) is 5.32 Å². The van der Waals surface area contributed by atoms with Crippen molar-refractivity contribution in [2.75, 3.05) is 24.5 Å².